The van der Waals surface area contributed by atoms with Crippen molar-refractivity contribution in [2.75, 3.05) is 4.72 Å². The second kappa shape index (κ2) is 3.53. The molecule has 0 spiro atoms. The molecule has 0 radical (unpaired) electrons. The number of rotatable bonds is 2. The van der Waals surface area contributed by atoms with Crippen molar-refractivity contribution in [3.63, 3.8) is 0 Å². The van der Waals surface area contributed by atoms with E-state index in [0.29, 0.717) is 0 Å². The average Bonchev–Trinajstić information content (AvgIpc) is 1.93. The van der Waals surface area contributed by atoms with Crippen molar-refractivity contribution in [1.29, 1.82) is 0 Å². The number of hydrogen-bond acceptors (Lipinski definition) is 2. The molecule has 0 bridgehead atoms. The van der Waals surface area contributed by atoms with Crippen LogP contribution in [-0.2, 0) is 10.3 Å². The number of anilines is 1. The zero-order chi connectivity index (χ0) is 10.1. The second-order valence-corrected chi connectivity index (χ2v) is 4.12. The number of halogens is 1. The van der Waals surface area contributed by atoms with Gasteiger partial charge in [-0.1, -0.05) is 17.7 Å². The van der Waals surface area contributed by atoms with Crippen molar-refractivity contribution >= 4 is 27.6 Å². The summed E-state index contributed by atoms with van der Waals surface area (Å²) in [4.78, 5) is 0. The molecule has 13 heavy (non-hydrogen) atoms. The molecule has 0 heterocycles. The van der Waals surface area contributed by atoms with E-state index in [-0.39, 0.29) is 10.7 Å². The van der Waals surface area contributed by atoms with Gasteiger partial charge in [0, 0.05) is 0 Å². The maximum absolute atomic E-state index is 10.4. The second-order valence-electron chi connectivity index (χ2n) is 2.56. The zero-order valence-electron chi connectivity index (χ0n) is 6.78. The molecular weight excluding hydrogens is 214 g/mol. The molecule has 6 heteroatoms. The monoisotopic (exact) mass is 221 g/mol. The third kappa shape index (κ3) is 3.22. The standard InChI is InChI=1S/C7H8ClNO3S/c1-5-2-3-7(6(8)4-5)9-13(10,11)12/h2-4,9H,1H3,(H,10,11,12). The Morgan fingerprint density at radius 1 is 1.46 bits per heavy atom. The highest BCUT2D eigenvalue weighted by Gasteiger charge is 2.06. The normalized spacial score (nSPS) is 11.3. The molecule has 2 N–H and O–H groups in total. The summed E-state index contributed by atoms with van der Waals surface area (Å²) in [5, 5.41) is 0.248. The molecule has 0 amide bonds. The van der Waals surface area contributed by atoms with Gasteiger partial charge in [0.1, 0.15) is 0 Å². The Morgan fingerprint density at radius 2 is 2.08 bits per heavy atom. The number of benzene rings is 1. The SMILES string of the molecule is Cc1ccc(NS(=O)(=O)O)c(Cl)c1. The van der Waals surface area contributed by atoms with Gasteiger partial charge in [0.25, 0.3) is 0 Å². The van der Waals surface area contributed by atoms with E-state index in [4.69, 9.17) is 16.2 Å². The van der Waals surface area contributed by atoms with Crippen molar-refractivity contribution in [2.45, 2.75) is 6.92 Å². The van der Waals surface area contributed by atoms with Crippen molar-refractivity contribution in [3.05, 3.63) is 28.8 Å². The third-order valence-electron chi connectivity index (χ3n) is 1.36. The smallest absolute Gasteiger partial charge is 0.269 e. The molecule has 72 valence electrons. The molecule has 0 aromatic heterocycles. The lowest BCUT2D eigenvalue weighted by molar-refractivity contribution is 0.489. The molecule has 0 aliphatic heterocycles. The van der Waals surface area contributed by atoms with E-state index in [9.17, 15) is 8.42 Å². The lowest BCUT2D eigenvalue weighted by Gasteiger charge is -2.04. The van der Waals surface area contributed by atoms with Crippen molar-refractivity contribution in [2.24, 2.45) is 0 Å². The van der Waals surface area contributed by atoms with E-state index < -0.39 is 10.3 Å². The summed E-state index contributed by atoms with van der Waals surface area (Å²) in [5.74, 6) is 0. The summed E-state index contributed by atoms with van der Waals surface area (Å²) in [6, 6.07) is 4.75. The lowest BCUT2D eigenvalue weighted by atomic mass is 10.2. The Bertz CT molecular complexity index is 416. The minimum absolute atomic E-state index is 0.162. The third-order valence-corrected chi connectivity index (χ3v) is 2.15. The highest BCUT2D eigenvalue weighted by Crippen LogP contribution is 2.23. The van der Waals surface area contributed by atoms with Crippen LogP contribution in [0.25, 0.3) is 0 Å². The van der Waals surface area contributed by atoms with Gasteiger partial charge < -0.3 is 0 Å². The minimum atomic E-state index is -4.25. The average molecular weight is 222 g/mol. The van der Waals surface area contributed by atoms with E-state index in [2.05, 4.69) is 0 Å². The molecule has 0 aliphatic rings. The van der Waals surface area contributed by atoms with Gasteiger partial charge in [-0.15, -0.1) is 0 Å². The largest absolute Gasteiger partial charge is 0.357 e. The summed E-state index contributed by atoms with van der Waals surface area (Å²) < 4.78 is 31.2. The van der Waals surface area contributed by atoms with Gasteiger partial charge in [0.05, 0.1) is 10.7 Å². The van der Waals surface area contributed by atoms with E-state index in [1.165, 1.54) is 6.07 Å². The van der Waals surface area contributed by atoms with Crippen LogP contribution in [0.3, 0.4) is 0 Å². The highest BCUT2D eigenvalue weighted by atomic mass is 35.5. The Kier molecular flexibility index (Phi) is 2.80. The van der Waals surface area contributed by atoms with Gasteiger partial charge in [0.2, 0.25) is 0 Å². The van der Waals surface area contributed by atoms with Gasteiger partial charge in [-0.05, 0) is 24.6 Å². The number of hydrogen-bond donors (Lipinski definition) is 2. The molecule has 0 unspecified atom stereocenters. The first-order valence-electron chi connectivity index (χ1n) is 3.40. The van der Waals surface area contributed by atoms with E-state index in [1.807, 2.05) is 11.6 Å². The zero-order valence-corrected chi connectivity index (χ0v) is 8.35. The van der Waals surface area contributed by atoms with Crippen LogP contribution in [0.5, 0.6) is 0 Å². The molecular formula is C7H8ClNO3S. The van der Waals surface area contributed by atoms with Crippen LogP contribution >= 0.6 is 11.6 Å². The predicted molar refractivity (Wildman–Crippen MR) is 51.4 cm³/mol. The fraction of sp³-hybridized carbons (Fsp3) is 0.143. The quantitative estimate of drug-likeness (QED) is 0.750. The summed E-state index contributed by atoms with van der Waals surface area (Å²) in [5.41, 5.74) is 1.07. The Morgan fingerprint density at radius 3 is 2.54 bits per heavy atom. The van der Waals surface area contributed by atoms with E-state index in [0.717, 1.165) is 5.56 Å². The van der Waals surface area contributed by atoms with Crippen LogP contribution in [0.4, 0.5) is 5.69 Å². The summed E-state index contributed by atoms with van der Waals surface area (Å²) in [6.07, 6.45) is 0. The van der Waals surface area contributed by atoms with Gasteiger partial charge in [-0.2, -0.15) is 8.42 Å². The van der Waals surface area contributed by atoms with Gasteiger partial charge in [-0.3, -0.25) is 9.27 Å². The summed E-state index contributed by atoms with van der Waals surface area (Å²) in [6.45, 7) is 1.82. The van der Waals surface area contributed by atoms with Crippen LogP contribution in [0, 0.1) is 6.92 Å². The Hall–Kier alpha value is -0.780. The summed E-state index contributed by atoms with van der Waals surface area (Å²) in [7, 11) is -4.25. The van der Waals surface area contributed by atoms with E-state index in [1.54, 1.807) is 12.1 Å². The first-order valence-corrected chi connectivity index (χ1v) is 5.22. The topological polar surface area (TPSA) is 66.4 Å². The summed E-state index contributed by atoms with van der Waals surface area (Å²) >= 11 is 5.70. The number of nitrogens with one attached hydrogen (secondary N) is 1. The molecule has 0 saturated carbocycles. The molecule has 0 atom stereocenters. The minimum Gasteiger partial charge on any atom is -0.269 e. The van der Waals surface area contributed by atoms with E-state index >= 15 is 0 Å². The molecule has 0 fully saturated rings. The molecule has 0 aliphatic carbocycles. The van der Waals surface area contributed by atoms with Crippen LogP contribution in [0.1, 0.15) is 5.56 Å². The highest BCUT2D eigenvalue weighted by molar-refractivity contribution is 7.87. The predicted octanol–water partition coefficient (Wildman–Crippen LogP) is 1.86. The molecule has 4 nitrogen and oxygen atoms in total. The van der Waals surface area contributed by atoms with Crippen molar-refractivity contribution in [3.8, 4) is 0 Å². The Labute approximate surface area is 81.4 Å². The fourth-order valence-electron chi connectivity index (χ4n) is 0.842. The first kappa shape index (κ1) is 10.3. The first-order chi connectivity index (χ1) is 5.88. The van der Waals surface area contributed by atoms with Crippen molar-refractivity contribution < 1.29 is 13.0 Å². The number of aryl methyl sites for hydroxylation is 1. The molecule has 1 aromatic rings. The van der Waals surface area contributed by atoms with Crippen LogP contribution in [0.15, 0.2) is 18.2 Å². The lowest BCUT2D eigenvalue weighted by Crippen LogP contribution is -2.10. The molecule has 1 aromatic carbocycles. The Balaban J connectivity index is 3.04. The van der Waals surface area contributed by atoms with Gasteiger partial charge in [-0.25, -0.2) is 0 Å². The maximum atomic E-state index is 10.4. The van der Waals surface area contributed by atoms with Crippen LogP contribution < -0.4 is 4.72 Å². The van der Waals surface area contributed by atoms with Crippen molar-refractivity contribution in [1.82, 2.24) is 0 Å². The van der Waals surface area contributed by atoms with Crippen LogP contribution in [0.2, 0.25) is 5.02 Å². The van der Waals surface area contributed by atoms with Gasteiger partial charge in [0.15, 0.2) is 0 Å². The fourth-order valence-corrected chi connectivity index (χ4v) is 1.64. The molecule has 1 rings (SSSR count). The molecule has 0 saturated heterocycles. The van der Waals surface area contributed by atoms with Gasteiger partial charge >= 0.3 is 10.3 Å². The van der Waals surface area contributed by atoms with Crippen LogP contribution in [-0.4, -0.2) is 13.0 Å². The maximum Gasteiger partial charge on any atom is 0.357 e.